The summed E-state index contributed by atoms with van der Waals surface area (Å²) >= 11 is 0. The van der Waals surface area contributed by atoms with Gasteiger partial charge in [-0.1, -0.05) is 18.2 Å². The number of para-hydroxylation sites is 1. The average molecular weight is 373 g/mol. The molecule has 0 saturated carbocycles. The largest absolute Gasteiger partial charge is 0.462 e. The molecule has 1 atom stereocenters. The van der Waals surface area contributed by atoms with Crippen molar-refractivity contribution in [1.29, 1.82) is 0 Å². The third-order valence-electron chi connectivity index (χ3n) is 4.54. The molecule has 2 aromatic carbocycles. The number of aromatic nitrogens is 1. The number of hydrogen-bond donors (Lipinski definition) is 1. The zero-order valence-corrected chi connectivity index (χ0v) is 15.3. The highest BCUT2D eigenvalue weighted by molar-refractivity contribution is 6.11. The Morgan fingerprint density at radius 3 is 2.54 bits per heavy atom. The van der Waals surface area contributed by atoms with Crippen molar-refractivity contribution < 1.29 is 14.3 Å². The highest BCUT2D eigenvalue weighted by Gasteiger charge is 2.38. The van der Waals surface area contributed by atoms with Crippen LogP contribution in [0.2, 0.25) is 0 Å². The van der Waals surface area contributed by atoms with Gasteiger partial charge in [-0.3, -0.25) is 14.7 Å². The van der Waals surface area contributed by atoms with Crippen molar-refractivity contribution in [3.63, 3.8) is 0 Å². The van der Waals surface area contributed by atoms with E-state index in [0.29, 0.717) is 23.4 Å². The number of fused-ring (bicyclic) bond motifs is 1. The maximum Gasteiger partial charge on any atom is 0.338 e. The van der Waals surface area contributed by atoms with Gasteiger partial charge in [-0.2, -0.15) is 0 Å². The van der Waals surface area contributed by atoms with Gasteiger partial charge in [-0.25, -0.2) is 4.79 Å². The SMILES string of the molecule is CCOC(=O)c1ccc(N[C@@H]2c3ncccc3C(=O)N2c2ccccc2)cc1. The Balaban J connectivity index is 1.66. The highest BCUT2D eigenvalue weighted by atomic mass is 16.5. The predicted molar refractivity (Wildman–Crippen MR) is 106 cm³/mol. The van der Waals surface area contributed by atoms with Crippen LogP contribution in [0.5, 0.6) is 0 Å². The van der Waals surface area contributed by atoms with Crippen molar-refractivity contribution in [1.82, 2.24) is 4.98 Å². The van der Waals surface area contributed by atoms with E-state index in [1.807, 2.05) is 30.3 Å². The number of ether oxygens (including phenoxy) is 1. The lowest BCUT2D eigenvalue weighted by atomic mass is 10.2. The van der Waals surface area contributed by atoms with Crippen LogP contribution < -0.4 is 10.2 Å². The predicted octanol–water partition coefficient (Wildman–Crippen LogP) is 4.03. The van der Waals surface area contributed by atoms with E-state index in [4.69, 9.17) is 4.74 Å². The molecule has 0 unspecified atom stereocenters. The molecular formula is C22H19N3O3. The molecule has 1 amide bonds. The molecule has 6 nitrogen and oxygen atoms in total. The molecule has 0 aliphatic carbocycles. The van der Waals surface area contributed by atoms with Crippen LogP contribution in [-0.2, 0) is 4.74 Å². The van der Waals surface area contributed by atoms with E-state index in [0.717, 1.165) is 11.4 Å². The van der Waals surface area contributed by atoms with E-state index in [1.165, 1.54) is 0 Å². The van der Waals surface area contributed by atoms with E-state index >= 15 is 0 Å². The van der Waals surface area contributed by atoms with Crippen molar-refractivity contribution >= 4 is 23.3 Å². The minimum Gasteiger partial charge on any atom is -0.462 e. The number of benzene rings is 2. The second-order valence-electron chi connectivity index (χ2n) is 6.29. The number of esters is 1. The Kier molecular flexibility index (Phi) is 4.76. The fraction of sp³-hybridized carbons (Fsp3) is 0.136. The molecule has 1 aromatic heterocycles. The van der Waals surface area contributed by atoms with E-state index in [2.05, 4.69) is 10.3 Å². The molecule has 0 radical (unpaired) electrons. The Morgan fingerprint density at radius 2 is 1.82 bits per heavy atom. The van der Waals surface area contributed by atoms with Crippen LogP contribution in [-0.4, -0.2) is 23.5 Å². The Bertz CT molecular complexity index is 1000. The summed E-state index contributed by atoms with van der Waals surface area (Å²) in [7, 11) is 0. The first-order valence-corrected chi connectivity index (χ1v) is 9.06. The van der Waals surface area contributed by atoms with Crippen LogP contribution in [0.3, 0.4) is 0 Å². The summed E-state index contributed by atoms with van der Waals surface area (Å²) in [6, 6.07) is 20.0. The number of anilines is 2. The molecule has 0 fully saturated rings. The van der Waals surface area contributed by atoms with Crippen LogP contribution in [0.15, 0.2) is 72.9 Å². The van der Waals surface area contributed by atoms with Crippen molar-refractivity contribution in [3.8, 4) is 0 Å². The molecule has 6 heteroatoms. The number of nitrogens with one attached hydrogen (secondary N) is 1. The minimum absolute atomic E-state index is 0.102. The van der Waals surface area contributed by atoms with Gasteiger partial charge in [0.1, 0.15) is 0 Å². The van der Waals surface area contributed by atoms with Gasteiger partial charge < -0.3 is 10.1 Å². The molecule has 28 heavy (non-hydrogen) atoms. The summed E-state index contributed by atoms with van der Waals surface area (Å²) in [6.07, 6.45) is 1.23. The summed E-state index contributed by atoms with van der Waals surface area (Å²) in [6.45, 7) is 2.10. The van der Waals surface area contributed by atoms with Gasteiger partial charge in [0.15, 0.2) is 6.17 Å². The zero-order valence-electron chi connectivity index (χ0n) is 15.3. The average Bonchev–Trinajstić information content (AvgIpc) is 3.01. The van der Waals surface area contributed by atoms with Gasteiger partial charge in [-0.05, 0) is 55.5 Å². The summed E-state index contributed by atoms with van der Waals surface area (Å²) in [5, 5.41) is 3.36. The Morgan fingerprint density at radius 1 is 1.07 bits per heavy atom. The van der Waals surface area contributed by atoms with Gasteiger partial charge in [0.2, 0.25) is 0 Å². The first-order chi connectivity index (χ1) is 13.7. The highest BCUT2D eigenvalue weighted by Crippen LogP contribution is 2.36. The topological polar surface area (TPSA) is 71.5 Å². The molecule has 0 bridgehead atoms. The number of nitrogens with zero attached hydrogens (tertiary/aromatic N) is 2. The number of rotatable bonds is 5. The summed E-state index contributed by atoms with van der Waals surface area (Å²) < 4.78 is 5.01. The van der Waals surface area contributed by atoms with Gasteiger partial charge in [0.25, 0.3) is 5.91 Å². The molecule has 3 aromatic rings. The minimum atomic E-state index is -0.445. The van der Waals surface area contributed by atoms with Crippen molar-refractivity contribution in [2.75, 3.05) is 16.8 Å². The van der Waals surface area contributed by atoms with Gasteiger partial charge >= 0.3 is 5.97 Å². The maximum absolute atomic E-state index is 13.0. The summed E-state index contributed by atoms with van der Waals surface area (Å²) in [4.78, 5) is 31.0. The molecule has 2 heterocycles. The van der Waals surface area contributed by atoms with Crippen molar-refractivity contribution in [2.45, 2.75) is 13.1 Å². The second kappa shape index (κ2) is 7.52. The third-order valence-corrected chi connectivity index (χ3v) is 4.54. The van der Waals surface area contributed by atoms with Gasteiger partial charge in [0, 0.05) is 17.6 Å². The quantitative estimate of drug-likeness (QED) is 0.684. The molecule has 140 valence electrons. The van der Waals surface area contributed by atoms with E-state index < -0.39 is 6.17 Å². The van der Waals surface area contributed by atoms with Gasteiger partial charge in [0.05, 0.1) is 23.4 Å². The number of carbonyl (C=O) groups excluding carboxylic acids is 2. The molecule has 1 N–H and O–H groups in total. The van der Waals surface area contributed by atoms with Crippen LogP contribution in [0.4, 0.5) is 11.4 Å². The summed E-state index contributed by atoms with van der Waals surface area (Å²) in [5.74, 6) is -0.460. The monoisotopic (exact) mass is 373 g/mol. The van der Waals surface area contributed by atoms with E-state index in [-0.39, 0.29) is 11.9 Å². The molecule has 1 aliphatic heterocycles. The van der Waals surface area contributed by atoms with Crippen LogP contribution in [0.25, 0.3) is 0 Å². The summed E-state index contributed by atoms with van der Waals surface area (Å²) in [5.41, 5.74) is 3.28. The standard InChI is InChI=1S/C22H19N3O3/c1-2-28-22(27)15-10-12-16(13-11-15)24-20-19-18(9-6-14-23-19)21(26)25(20)17-7-4-3-5-8-17/h3-14,20,24H,2H2,1H3/t20-/m0/s1. The lowest BCUT2D eigenvalue weighted by Gasteiger charge is -2.26. The van der Waals surface area contributed by atoms with E-state index in [9.17, 15) is 9.59 Å². The second-order valence-corrected chi connectivity index (χ2v) is 6.29. The smallest absolute Gasteiger partial charge is 0.338 e. The molecule has 0 spiro atoms. The maximum atomic E-state index is 13.0. The van der Waals surface area contributed by atoms with Crippen LogP contribution in [0, 0.1) is 0 Å². The molecule has 1 aliphatic rings. The Hall–Kier alpha value is -3.67. The molecule has 4 rings (SSSR count). The normalized spacial score (nSPS) is 15.2. The van der Waals surface area contributed by atoms with Crippen molar-refractivity contribution in [3.05, 3.63) is 89.7 Å². The molecular weight excluding hydrogens is 354 g/mol. The fourth-order valence-corrected chi connectivity index (χ4v) is 3.25. The lowest BCUT2D eigenvalue weighted by Crippen LogP contribution is -2.32. The fourth-order valence-electron chi connectivity index (χ4n) is 3.25. The van der Waals surface area contributed by atoms with Crippen molar-refractivity contribution in [2.24, 2.45) is 0 Å². The zero-order chi connectivity index (χ0) is 19.5. The number of hydrogen-bond acceptors (Lipinski definition) is 5. The third kappa shape index (κ3) is 3.20. The first kappa shape index (κ1) is 17.7. The van der Waals surface area contributed by atoms with Gasteiger partial charge in [-0.15, -0.1) is 0 Å². The number of pyridine rings is 1. The number of carbonyl (C=O) groups is 2. The number of amides is 1. The van der Waals surface area contributed by atoms with Crippen LogP contribution >= 0.6 is 0 Å². The van der Waals surface area contributed by atoms with Crippen LogP contribution in [0.1, 0.15) is 39.5 Å². The molecule has 0 saturated heterocycles. The Labute approximate surface area is 162 Å². The van der Waals surface area contributed by atoms with E-state index in [1.54, 1.807) is 54.4 Å². The first-order valence-electron chi connectivity index (χ1n) is 9.06. The lowest BCUT2D eigenvalue weighted by molar-refractivity contribution is 0.0526.